The van der Waals surface area contributed by atoms with Crippen molar-refractivity contribution in [3.63, 3.8) is 0 Å². The normalized spacial score (nSPS) is 10.2. The van der Waals surface area contributed by atoms with Crippen LogP contribution in [0.3, 0.4) is 0 Å². The predicted molar refractivity (Wildman–Crippen MR) is 51.6 cm³/mol. The van der Waals surface area contributed by atoms with E-state index in [9.17, 15) is 0 Å². The third kappa shape index (κ3) is 8.89. The molecule has 4 heteroatoms. The molecule has 0 aromatic rings. The highest BCUT2D eigenvalue weighted by atomic mass is 35.5. The number of thioether (sulfide) groups is 1. The monoisotopic (exact) mass is 201 g/mol. The van der Waals surface area contributed by atoms with E-state index in [1.54, 1.807) is 0 Å². The Balaban J connectivity index is 2.65. The van der Waals surface area contributed by atoms with Crippen LogP contribution in [0, 0.1) is 0 Å². The van der Waals surface area contributed by atoms with Gasteiger partial charge in [0.25, 0.3) is 0 Å². The molecule has 0 rings (SSSR count). The van der Waals surface area contributed by atoms with Crippen LogP contribution in [0.2, 0.25) is 0 Å². The summed E-state index contributed by atoms with van der Waals surface area (Å²) in [5, 5.41) is 3.20. The van der Waals surface area contributed by atoms with E-state index in [4.69, 9.17) is 23.2 Å². The highest BCUT2D eigenvalue weighted by Gasteiger charge is 1.86. The third-order valence-corrected chi connectivity index (χ3v) is 2.50. The maximum absolute atomic E-state index is 5.48. The van der Waals surface area contributed by atoms with Gasteiger partial charge < -0.3 is 5.32 Å². The second kappa shape index (κ2) is 9.89. The molecule has 0 aliphatic carbocycles. The number of alkyl halides is 2. The van der Waals surface area contributed by atoms with Crippen LogP contribution in [0.5, 0.6) is 0 Å². The zero-order chi connectivity index (χ0) is 7.66. The minimum atomic E-state index is 0.695. The fraction of sp³-hybridized carbons (Fsp3) is 1.00. The molecule has 0 aromatic carbocycles. The zero-order valence-corrected chi connectivity index (χ0v) is 8.24. The minimum absolute atomic E-state index is 0.695. The Kier molecular flexibility index (Phi) is 10.8. The van der Waals surface area contributed by atoms with Gasteiger partial charge in [0.05, 0.1) is 0 Å². The van der Waals surface area contributed by atoms with Crippen molar-refractivity contribution in [2.45, 2.75) is 0 Å². The molecule has 1 N–H and O–H groups in total. The standard InChI is InChI=1S/C6H13Cl2NS/c7-1-3-9-4-6-10-5-2-8/h9H,1-6H2. The van der Waals surface area contributed by atoms with E-state index in [-0.39, 0.29) is 0 Å². The molecule has 0 bridgehead atoms. The summed E-state index contributed by atoms with van der Waals surface area (Å²) in [5.74, 6) is 3.62. The molecule has 0 aliphatic heterocycles. The van der Waals surface area contributed by atoms with Crippen LogP contribution >= 0.6 is 35.0 Å². The van der Waals surface area contributed by atoms with Crippen LogP contribution in [-0.2, 0) is 0 Å². The summed E-state index contributed by atoms with van der Waals surface area (Å²) in [6.45, 7) is 1.94. The maximum atomic E-state index is 5.48. The Morgan fingerprint density at radius 3 is 2.40 bits per heavy atom. The summed E-state index contributed by atoms with van der Waals surface area (Å²) >= 11 is 12.8. The average Bonchev–Trinajstić information content (AvgIpc) is 1.97. The van der Waals surface area contributed by atoms with Crippen molar-refractivity contribution in [3.8, 4) is 0 Å². The topological polar surface area (TPSA) is 12.0 Å². The van der Waals surface area contributed by atoms with Crippen molar-refractivity contribution in [1.82, 2.24) is 5.32 Å². The van der Waals surface area contributed by atoms with Gasteiger partial charge in [-0.15, -0.1) is 23.2 Å². The van der Waals surface area contributed by atoms with Crippen LogP contribution in [-0.4, -0.2) is 36.4 Å². The lowest BCUT2D eigenvalue weighted by molar-refractivity contribution is 0.772. The molecule has 0 amide bonds. The molecule has 0 aliphatic rings. The molecular weight excluding hydrogens is 189 g/mol. The molecule has 0 radical (unpaired) electrons. The molecule has 1 nitrogen and oxygen atoms in total. The molecule has 0 aromatic heterocycles. The summed E-state index contributed by atoms with van der Waals surface area (Å²) in [4.78, 5) is 0. The fourth-order valence-corrected chi connectivity index (χ4v) is 1.56. The molecule has 0 atom stereocenters. The van der Waals surface area contributed by atoms with Gasteiger partial charge in [-0.05, 0) is 0 Å². The summed E-state index contributed by atoms with van der Waals surface area (Å²) in [6, 6.07) is 0. The van der Waals surface area contributed by atoms with Gasteiger partial charge in [0.2, 0.25) is 0 Å². The first kappa shape index (κ1) is 10.9. The van der Waals surface area contributed by atoms with Crippen LogP contribution in [0.4, 0.5) is 0 Å². The number of rotatable bonds is 7. The van der Waals surface area contributed by atoms with Crippen molar-refractivity contribution >= 4 is 35.0 Å². The molecule has 0 heterocycles. The van der Waals surface area contributed by atoms with Crippen LogP contribution in [0.1, 0.15) is 0 Å². The molecule has 0 saturated heterocycles. The highest BCUT2D eigenvalue weighted by molar-refractivity contribution is 7.99. The second-order valence-electron chi connectivity index (χ2n) is 1.74. The average molecular weight is 202 g/mol. The Bertz CT molecular complexity index is 55.7. The van der Waals surface area contributed by atoms with Crippen molar-refractivity contribution in [1.29, 1.82) is 0 Å². The van der Waals surface area contributed by atoms with Crippen molar-refractivity contribution in [3.05, 3.63) is 0 Å². The highest BCUT2D eigenvalue weighted by Crippen LogP contribution is 1.97. The van der Waals surface area contributed by atoms with Crippen molar-refractivity contribution in [2.75, 3.05) is 36.4 Å². The van der Waals surface area contributed by atoms with Gasteiger partial charge in [-0.3, -0.25) is 0 Å². The van der Waals surface area contributed by atoms with Gasteiger partial charge in [0.1, 0.15) is 0 Å². The number of hydrogen-bond acceptors (Lipinski definition) is 2. The summed E-state index contributed by atoms with van der Waals surface area (Å²) in [6.07, 6.45) is 0. The van der Waals surface area contributed by atoms with Gasteiger partial charge in [-0.1, -0.05) is 0 Å². The van der Waals surface area contributed by atoms with Gasteiger partial charge in [-0.2, -0.15) is 11.8 Å². The Hall–Kier alpha value is 0.890. The minimum Gasteiger partial charge on any atom is -0.315 e. The third-order valence-electron chi connectivity index (χ3n) is 0.916. The lowest BCUT2D eigenvalue weighted by Gasteiger charge is -1.99. The lowest BCUT2D eigenvalue weighted by Crippen LogP contribution is -2.19. The Labute approximate surface area is 76.8 Å². The van der Waals surface area contributed by atoms with E-state index in [1.807, 2.05) is 11.8 Å². The number of nitrogens with one attached hydrogen (secondary N) is 1. The largest absolute Gasteiger partial charge is 0.315 e. The van der Waals surface area contributed by atoms with E-state index in [0.29, 0.717) is 5.88 Å². The first-order valence-corrected chi connectivity index (χ1v) is 5.54. The predicted octanol–water partition coefficient (Wildman–Crippen LogP) is 1.79. The molecule has 0 unspecified atom stereocenters. The van der Waals surface area contributed by atoms with Crippen LogP contribution in [0.15, 0.2) is 0 Å². The Morgan fingerprint density at radius 2 is 1.80 bits per heavy atom. The van der Waals surface area contributed by atoms with E-state index in [1.165, 1.54) is 0 Å². The quantitative estimate of drug-likeness (QED) is 0.499. The van der Waals surface area contributed by atoms with E-state index in [0.717, 1.165) is 30.5 Å². The maximum Gasteiger partial charge on any atom is 0.0348 e. The molecule has 62 valence electrons. The smallest absolute Gasteiger partial charge is 0.0348 e. The zero-order valence-electron chi connectivity index (χ0n) is 5.91. The summed E-state index contributed by atoms with van der Waals surface area (Å²) < 4.78 is 0. The number of halogens is 2. The fourth-order valence-electron chi connectivity index (χ4n) is 0.493. The van der Waals surface area contributed by atoms with E-state index in [2.05, 4.69) is 5.32 Å². The Morgan fingerprint density at radius 1 is 1.00 bits per heavy atom. The molecule has 0 spiro atoms. The van der Waals surface area contributed by atoms with Crippen molar-refractivity contribution in [2.24, 2.45) is 0 Å². The lowest BCUT2D eigenvalue weighted by atomic mass is 10.7. The van der Waals surface area contributed by atoms with Gasteiger partial charge in [0.15, 0.2) is 0 Å². The molecular formula is C6H13Cl2NS. The summed E-state index contributed by atoms with van der Waals surface area (Å²) in [7, 11) is 0. The van der Waals surface area contributed by atoms with Crippen LogP contribution in [0.25, 0.3) is 0 Å². The van der Waals surface area contributed by atoms with Gasteiger partial charge in [-0.25, -0.2) is 0 Å². The van der Waals surface area contributed by atoms with Gasteiger partial charge >= 0.3 is 0 Å². The first-order chi connectivity index (χ1) is 4.91. The molecule has 10 heavy (non-hydrogen) atoms. The molecule has 0 saturated carbocycles. The summed E-state index contributed by atoms with van der Waals surface area (Å²) in [5.41, 5.74) is 0. The van der Waals surface area contributed by atoms with Crippen molar-refractivity contribution < 1.29 is 0 Å². The van der Waals surface area contributed by atoms with Gasteiger partial charge in [0, 0.05) is 36.4 Å². The first-order valence-electron chi connectivity index (χ1n) is 3.32. The van der Waals surface area contributed by atoms with E-state index < -0.39 is 0 Å². The number of hydrogen-bond donors (Lipinski definition) is 1. The SMILES string of the molecule is ClCCNCCSCCCl. The molecule has 0 fully saturated rings. The van der Waals surface area contributed by atoms with Crippen LogP contribution < -0.4 is 5.32 Å². The second-order valence-corrected chi connectivity index (χ2v) is 3.72. The van der Waals surface area contributed by atoms with E-state index >= 15 is 0 Å².